The first-order valence-corrected chi connectivity index (χ1v) is 4.70. The summed E-state index contributed by atoms with van der Waals surface area (Å²) in [6, 6.07) is 0.314. The molecule has 0 aromatic carbocycles. The smallest absolute Gasteiger partial charge is 0.156 e. The monoisotopic (exact) mass is 187 g/mol. The lowest BCUT2D eigenvalue weighted by atomic mass is 10.0. The Morgan fingerprint density at radius 3 is 2.31 bits per heavy atom. The van der Waals surface area contributed by atoms with E-state index in [9.17, 15) is 0 Å². The van der Waals surface area contributed by atoms with E-state index < -0.39 is 0 Å². The molecule has 4 nitrogen and oxygen atoms in total. The molecule has 4 N–H and O–H groups in total. The minimum absolute atomic E-state index is 0.0706. The van der Waals surface area contributed by atoms with E-state index in [1.165, 1.54) is 0 Å². The molecule has 4 heteroatoms. The van der Waals surface area contributed by atoms with Crippen LogP contribution in [0.4, 0.5) is 0 Å². The highest BCUT2D eigenvalue weighted by Gasteiger charge is 2.11. The Balaban J connectivity index is 3.84. The maximum Gasteiger partial charge on any atom is 0.156 e. The average molecular weight is 187 g/mol. The molecule has 2 atom stereocenters. The molecule has 0 amide bonds. The number of nitrogens with two attached hydrogens (primary N) is 1. The van der Waals surface area contributed by atoms with Crippen LogP contribution in [-0.4, -0.2) is 23.1 Å². The molecule has 0 fully saturated rings. The van der Waals surface area contributed by atoms with Gasteiger partial charge in [0.15, 0.2) is 5.84 Å². The summed E-state index contributed by atoms with van der Waals surface area (Å²) in [4.78, 5) is 0. The van der Waals surface area contributed by atoms with Gasteiger partial charge in [-0.2, -0.15) is 0 Å². The van der Waals surface area contributed by atoms with Gasteiger partial charge in [0, 0.05) is 6.04 Å². The zero-order valence-electron chi connectivity index (χ0n) is 8.91. The highest BCUT2D eigenvalue weighted by atomic mass is 16.4. The van der Waals surface area contributed by atoms with Crippen molar-refractivity contribution < 1.29 is 5.21 Å². The predicted octanol–water partition coefficient (Wildman–Crippen LogP) is 1.15. The van der Waals surface area contributed by atoms with E-state index in [4.69, 9.17) is 10.9 Å². The first-order chi connectivity index (χ1) is 5.97. The molecule has 0 aliphatic rings. The summed E-state index contributed by atoms with van der Waals surface area (Å²) < 4.78 is 0. The predicted molar refractivity (Wildman–Crippen MR) is 54.9 cm³/mol. The molecule has 0 heterocycles. The lowest BCUT2D eigenvalue weighted by molar-refractivity contribution is 0.313. The van der Waals surface area contributed by atoms with Crippen LogP contribution in [0.2, 0.25) is 0 Å². The van der Waals surface area contributed by atoms with Gasteiger partial charge in [0.05, 0.1) is 6.04 Å². The molecule has 0 aliphatic carbocycles. The standard InChI is InChI=1S/C9H21N3O/c1-6(2)5-7(3)11-8(4)9(10)12-13/h6-8,11,13H,5H2,1-4H3,(H2,10,12). The van der Waals surface area contributed by atoms with Crippen LogP contribution in [0.1, 0.15) is 34.1 Å². The second-order valence-electron chi connectivity index (χ2n) is 3.94. The lowest BCUT2D eigenvalue weighted by Crippen LogP contribution is -2.43. The van der Waals surface area contributed by atoms with Crippen molar-refractivity contribution in [3.05, 3.63) is 0 Å². The zero-order chi connectivity index (χ0) is 10.4. The number of hydrogen-bond acceptors (Lipinski definition) is 3. The zero-order valence-corrected chi connectivity index (χ0v) is 8.91. The van der Waals surface area contributed by atoms with Gasteiger partial charge in [0.25, 0.3) is 0 Å². The van der Waals surface area contributed by atoms with Crippen molar-refractivity contribution in [1.82, 2.24) is 5.32 Å². The molecule has 0 saturated carbocycles. The van der Waals surface area contributed by atoms with E-state index >= 15 is 0 Å². The summed E-state index contributed by atoms with van der Waals surface area (Å²) in [5, 5.41) is 14.6. The lowest BCUT2D eigenvalue weighted by Gasteiger charge is -2.20. The molecule has 0 bridgehead atoms. The average Bonchev–Trinajstić information content (AvgIpc) is 2.01. The molecular formula is C9H21N3O. The van der Waals surface area contributed by atoms with E-state index in [0.717, 1.165) is 6.42 Å². The van der Waals surface area contributed by atoms with Crippen molar-refractivity contribution >= 4 is 5.84 Å². The molecule has 0 aromatic heterocycles. The van der Waals surface area contributed by atoms with Gasteiger partial charge < -0.3 is 16.3 Å². The number of rotatable bonds is 5. The summed E-state index contributed by atoms with van der Waals surface area (Å²) in [6.07, 6.45) is 1.09. The van der Waals surface area contributed by atoms with Crippen molar-refractivity contribution in [2.24, 2.45) is 16.8 Å². The van der Waals surface area contributed by atoms with Crippen LogP contribution in [0.15, 0.2) is 5.16 Å². The van der Waals surface area contributed by atoms with Crippen molar-refractivity contribution in [3.8, 4) is 0 Å². The normalized spacial score (nSPS) is 17.5. The Morgan fingerprint density at radius 1 is 1.38 bits per heavy atom. The first-order valence-electron chi connectivity index (χ1n) is 4.70. The third kappa shape index (κ3) is 5.47. The molecule has 13 heavy (non-hydrogen) atoms. The van der Waals surface area contributed by atoms with Gasteiger partial charge in [-0.1, -0.05) is 19.0 Å². The molecule has 0 rings (SSSR count). The summed E-state index contributed by atoms with van der Waals surface area (Å²) in [5.74, 6) is 0.887. The molecule has 0 radical (unpaired) electrons. The van der Waals surface area contributed by atoms with Crippen LogP contribution >= 0.6 is 0 Å². The number of nitrogens with one attached hydrogen (secondary N) is 1. The number of amidine groups is 1. The van der Waals surface area contributed by atoms with E-state index in [0.29, 0.717) is 12.0 Å². The molecule has 0 spiro atoms. The second kappa shape index (κ2) is 5.80. The Kier molecular flexibility index (Phi) is 5.46. The fourth-order valence-corrected chi connectivity index (χ4v) is 1.37. The minimum atomic E-state index is -0.0706. The minimum Gasteiger partial charge on any atom is -0.409 e. The Bertz CT molecular complexity index is 168. The SMILES string of the molecule is CC(C)CC(C)NC(C)C(N)=NO. The van der Waals surface area contributed by atoms with Crippen LogP contribution in [0.3, 0.4) is 0 Å². The van der Waals surface area contributed by atoms with E-state index in [1.54, 1.807) is 0 Å². The number of hydrogen-bond donors (Lipinski definition) is 3. The largest absolute Gasteiger partial charge is 0.409 e. The molecule has 2 unspecified atom stereocenters. The maximum absolute atomic E-state index is 8.42. The highest BCUT2D eigenvalue weighted by Crippen LogP contribution is 2.04. The molecule has 78 valence electrons. The summed E-state index contributed by atoms with van der Waals surface area (Å²) in [5.41, 5.74) is 5.43. The second-order valence-corrected chi connectivity index (χ2v) is 3.94. The van der Waals surface area contributed by atoms with Crippen molar-refractivity contribution in [2.45, 2.75) is 46.2 Å². The van der Waals surface area contributed by atoms with E-state index in [1.807, 2.05) is 6.92 Å². The van der Waals surface area contributed by atoms with Crippen molar-refractivity contribution in [3.63, 3.8) is 0 Å². The van der Waals surface area contributed by atoms with Crippen LogP contribution in [0, 0.1) is 5.92 Å². The topological polar surface area (TPSA) is 70.6 Å². The Labute approximate surface area is 80.2 Å². The van der Waals surface area contributed by atoms with Gasteiger partial charge in [-0.3, -0.25) is 0 Å². The van der Waals surface area contributed by atoms with E-state index in [-0.39, 0.29) is 11.9 Å². The summed E-state index contributed by atoms with van der Waals surface area (Å²) in [7, 11) is 0. The van der Waals surface area contributed by atoms with Gasteiger partial charge in [0.2, 0.25) is 0 Å². The summed E-state index contributed by atoms with van der Waals surface area (Å²) >= 11 is 0. The highest BCUT2D eigenvalue weighted by molar-refractivity contribution is 5.84. The quantitative estimate of drug-likeness (QED) is 0.262. The van der Waals surface area contributed by atoms with Gasteiger partial charge >= 0.3 is 0 Å². The van der Waals surface area contributed by atoms with Crippen molar-refractivity contribution in [1.29, 1.82) is 0 Å². The van der Waals surface area contributed by atoms with Crippen molar-refractivity contribution in [2.75, 3.05) is 0 Å². The molecule has 0 aromatic rings. The van der Waals surface area contributed by atoms with Gasteiger partial charge in [-0.15, -0.1) is 0 Å². The molecule has 0 aliphatic heterocycles. The van der Waals surface area contributed by atoms with Crippen LogP contribution < -0.4 is 11.1 Å². The van der Waals surface area contributed by atoms with Crippen LogP contribution in [0.25, 0.3) is 0 Å². The third-order valence-electron chi connectivity index (χ3n) is 1.92. The summed E-state index contributed by atoms with van der Waals surface area (Å²) in [6.45, 7) is 8.33. The maximum atomic E-state index is 8.42. The van der Waals surface area contributed by atoms with E-state index in [2.05, 4.69) is 31.2 Å². The van der Waals surface area contributed by atoms with Gasteiger partial charge in [0.1, 0.15) is 0 Å². The fourth-order valence-electron chi connectivity index (χ4n) is 1.37. The third-order valence-corrected chi connectivity index (χ3v) is 1.92. The molecule has 0 saturated heterocycles. The van der Waals surface area contributed by atoms with Gasteiger partial charge in [-0.25, -0.2) is 0 Å². The Hall–Kier alpha value is -0.770. The number of oxime groups is 1. The van der Waals surface area contributed by atoms with Crippen LogP contribution in [0.5, 0.6) is 0 Å². The molecular weight excluding hydrogens is 166 g/mol. The first kappa shape index (κ1) is 12.2. The Morgan fingerprint density at radius 2 is 1.92 bits per heavy atom. The van der Waals surface area contributed by atoms with Crippen LogP contribution in [-0.2, 0) is 0 Å². The number of nitrogens with zero attached hydrogens (tertiary/aromatic N) is 1. The fraction of sp³-hybridized carbons (Fsp3) is 0.889. The van der Waals surface area contributed by atoms with Gasteiger partial charge in [-0.05, 0) is 26.2 Å².